The van der Waals surface area contributed by atoms with Crippen molar-refractivity contribution in [2.75, 3.05) is 13.1 Å². The first-order valence-corrected chi connectivity index (χ1v) is 7.19. The molecular formula is C13H20N4OS. The molecule has 2 fully saturated rings. The van der Waals surface area contributed by atoms with Crippen LogP contribution in [0.25, 0.3) is 0 Å². The summed E-state index contributed by atoms with van der Waals surface area (Å²) in [5, 5.41) is 3.37. The second-order valence-electron chi connectivity index (χ2n) is 5.47. The first-order valence-electron chi connectivity index (χ1n) is 6.74. The molecule has 2 saturated heterocycles. The summed E-state index contributed by atoms with van der Waals surface area (Å²) in [6, 6.07) is 1.75. The summed E-state index contributed by atoms with van der Waals surface area (Å²) in [7, 11) is 0. The minimum Gasteiger partial charge on any atom is -0.352 e. The van der Waals surface area contributed by atoms with E-state index in [9.17, 15) is 0 Å². The second kappa shape index (κ2) is 4.70. The van der Waals surface area contributed by atoms with Crippen molar-refractivity contribution in [2.24, 2.45) is 11.1 Å². The fourth-order valence-corrected chi connectivity index (χ4v) is 4.08. The van der Waals surface area contributed by atoms with E-state index in [1.807, 2.05) is 6.92 Å². The molecule has 3 N–H and O–H groups in total. The molecule has 1 spiro atoms. The molecule has 0 saturated carbocycles. The number of ether oxygens (including phenoxy) is 1. The van der Waals surface area contributed by atoms with Crippen LogP contribution in [0.2, 0.25) is 0 Å². The Hall–Kier alpha value is -0.690. The van der Waals surface area contributed by atoms with Crippen molar-refractivity contribution >= 4 is 12.6 Å². The Labute approximate surface area is 118 Å². The van der Waals surface area contributed by atoms with Crippen LogP contribution in [0.5, 0.6) is 0 Å². The smallest absolute Gasteiger partial charge is 0.178 e. The molecule has 3 unspecified atom stereocenters. The Morgan fingerprint density at radius 2 is 2.00 bits per heavy atom. The molecule has 1 aromatic rings. The molecule has 2 aliphatic rings. The van der Waals surface area contributed by atoms with Crippen LogP contribution >= 0.6 is 12.6 Å². The van der Waals surface area contributed by atoms with Crippen molar-refractivity contribution in [3.8, 4) is 0 Å². The number of piperidine rings is 1. The predicted octanol–water partition coefficient (Wildman–Crippen LogP) is 0.675. The lowest BCUT2D eigenvalue weighted by atomic mass is 9.69. The fraction of sp³-hybridized carbons (Fsp3) is 0.692. The normalized spacial score (nSPS) is 37.6. The summed E-state index contributed by atoms with van der Waals surface area (Å²) in [6.07, 6.45) is 5.28. The third-order valence-electron chi connectivity index (χ3n) is 4.54. The van der Waals surface area contributed by atoms with Gasteiger partial charge in [-0.1, -0.05) is 0 Å². The lowest BCUT2D eigenvalue weighted by molar-refractivity contribution is -0.0304. The van der Waals surface area contributed by atoms with Gasteiger partial charge in [0.15, 0.2) is 10.8 Å². The van der Waals surface area contributed by atoms with Gasteiger partial charge in [-0.2, -0.15) is 0 Å². The molecule has 0 bridgehead atoms. The van der Waals surface area contributed by atoms with Gasteiger partial charge in [-0.15, -0.1) is 12.6 Å². The predicted molar refractivity (Wildman–Crippen MR) is 75.8 cm³/mol. The molecule has 3 atom stereocenters. The van der Waals surface area contributed by atoms with Gasteiger partial charge < -0.3 is 15.8 Å². The lowest BCUT2D eigenvalue weighted by Gasteiger charge is -2.45. The zero-order chi connectivity index (χ0) is 13.5. The van der Waals surface area contributed by atoms with Crippen LogP contribution in [-0.2, 0) is 9.67 Å². The van der Waals surface area contributed by atoms with Crippen molar-refractivity contribution in [3.63, 3.8) is 0 Å². The van der Waals surface area contributed by atoms with Gasteiger partial charge in [-0.25, -0.2) is 9.97 Å². The summed E-state index contributed by atoms with van der Waals surface area (Å²) in [5.41, 5.74) is 6.24. The highest BCUT2D eigenvalue weighted by atomic mass is 32.1. The maximum atomic E-state index is 6.44. The van der Waals surface area contributed by atoms with E-state index in [1.165, 1.54) is 0 Å². The SMILES string of the molecule is CC1OC(S)(c2ncccn2)C2(CCNCC2)C1N. The molecule has 19 heavy (non-hydrogen) atoms. The Morgan fingerprint density at radius 3 is 2.63 bits per heavy atom. The highest BCUT2D eigenvalue weighted by molar-refractivity contribution is 7.81. The Balaban J connectivity index is 2.07. The quantitative estimate of drug-likeness (QED) is 0.660. The molecule has 0 aliphatic carbocycles. The van der Waals surface area contributed by atoms with Gasteiger partial charge in [0.25, 0.3) is 0 Å². The summed E-state index contributed by atoms with van der Waals surface area (Å²) in [5.74, 6) is 0.625. The second-order valence-corrected chi connectivity index (χ2v) is 6.10. The lowest BCUT2D eigenvalue weighted by Crippen LogP contribution is -2.54. The number of hydrogen-bond acceptors (Lipinski definition) is 6. The minimum atomic E-state index is -0.796. The molecule has 2 aliphatic heterocycles. The highest BCUT2D eigenvalue weighted by Crippen LogP contribution is 2.58. The molecular weight excluding hydrogens is 260 g/mol. The van der Waals surface area contributed by atoms with Gasteiger partial charge >= 0.3 is 0 Å². The van der Waals surface area contributed by atoms with Crippen molar-refractivity contribution in [2.45, 2.75) is 36.8 Å². The number of nitrogens with zero attached hydrogens (tertiary/aromatic N) is 2. The van der Waals surface area contributed by atoms with Gasteiger partial charge in [0.05, 0.1) is 6.10 Å². The Morgan fingerprint density at radius 1 is 1.37 bits per heavy atom. The molecule has 5 nitrogen and oxygen atoms in total. The van der Waals surface area contributed by atoms with Gasteiger partial charge in [0.1, 0.15) is 0 Å². The van der Waals surface area contributed by atoms with Gasteiger partial charge in [0.2, 0.25) is 0 Å². The zero-order valence-corrected chi connectivity index (χ0v) is 11.9. The molecule has 0 aromatic carbocycles. The van der Waals surface area contributed by atoms with E-state index in [0.29, 0.717) is 5.82 Å². The molecule has 3 rings (SSSR count). The summed E-state index contributed by atoms with van der Waals surface area (Å²) < 4.78 is 6.13. The van der Waals surface area contributed by atoms with E-state index in [1.54, 1.807) is 18.5 Å². The van der Waals surface area contributed by atoms with E-state index in [0.717, 1.165) is 25.9 Å². The standard InChI is InChI=1S/C13H20N4OS/c1-9-10(14)12(3-7-15-8-4-12)13(19,18-9)11-16-5-2-6-17-11/h2,5-6,9-10,15,19H,3-4,7-8,14H2,1H3. The zero-order valence-electron chi connectivity index (χ0n) is 11.0. The van der Waals surface area contributed by atoms with E-state index in [-0.39, 0.29) is 17.6 Å². The van der Waals surface area contributed by atoms with E-state index in [4.69, 9.17) is 23.1 Å². The maximum absolute atomic E-state index is 6.44. The largest absolute Gasteiger partial charge is 0.352 e. The number of aromatic nitrogens is 2. The van der Waals surface area contributed by atoms with Crippen molar-refractivity contribution in [1.82, 2.24) is 15.3 Å². The van der Waals surface area contributed by atoms with Crippen molar-refractivity contribution in [3.05, 3.63) is 24.3 Å². The fourth-order valence-electron chi connectivity index (χ4n) is 3.43. The van der Waals surface area contributed by atoms with Gasteiger partial charge in [0, 0.05) is 23.9 Å². The summed E-state index contributed by atoms with van der Waals surface area (Å²) in [4.78, 5) is 7.93. The summed E-state index contributed by atoms with van der Waals surface area (Å²) >= 11 is 4.86. The molecule has 104 valence electrons. The highest BCUT2D eigenvalue weighted by Gasteiger charge is 2.63. The van der Waals surface area contributed by atoms with Crippen molar-refractivity contribution in [1.29, 1.82) is 0 Å². The van der Waals surface area contributed by atoms with Crippen molar-refractivity contribution < 1.29 is 4.74 Å². The average molecular weight is 280 g/mol. The average Bonchev–Trinajstić information content (AvgIpc) is 2.64. The van der Waals surface area contributed by atoms with Gasteiger partial charge in [-0.05, 0) is 38.9 Å². The molecule has 0 amide bonds. The number of nitrogens with one attached hydrogen (secondary N) is 1. The molecule has 0 radical (unpaired) electrons. The first kappa shape index (κ1) is 13.3. The maximum Gasteiger partial charge on any atom is 0.178 e. The van der Waals surface area contributed by atoms with Crippen LogP contribution in [0, 0.1) is 5.41 Å². The topological polar surface area (TPSA) is 73.1 Å². The number of thiol groups is 1. The number of rotatable bonds is 1. The first-order chi connectivity index (χ1) is 9.10. The van der Waals surface area contributed by atoms with Crippen LogP contribution in [0.4, 0.5) is 0 Å². The van der Waals surface area contributed by atoms with Crippen LogP contribution in [0.1, 0.15) is 25.6 Å². The number of hydrogen-bond donors (Lipinski definition) is 3. The number of nitrogens with two attached hydrogens (primary N) is 1. The Kier molecular flexibility index (Phi) is 3.29. The van der Waals surface area contributed by atoms with Crippen LogP contribution < -0.4 is 11.1 Å². The molecule has 6 heteroatoms. The third-order valence-corrected chi connectivity index (χ3v) is 5.29. The van der Waals surface area contributed by atoms with Crippen LogP contribution in [0.3, 0.4) is 0 Å². The molecule has 1 aromatic heterocycles. The van der Waals surface area contributed by atoms with Gasteiger partial charge in [-0.3, -0.25) is 0 Å². The van der Waals surface area contributed by atoms with E-state index >= 15 is 0 Å². The Bertz CT molecular complexity index is 451. The van der Waals surface area contributed by atoms with E-state index in [2.05, 4.69) is 15.3 Å². The summed E-state index contributed by atoms with van der Waals surface area (Å²) in [6.45, 7) is 3.87. The third kappa shape index (κ3) is 1.81. The monoisotopic (exact) mass is 280 g/mol. The van der Waals surface area contributed by atoms with Crippen LogP contribution in [-0.4, -0.2) is 35.2 Å². The van der Waals surface area contributed by atoms with E-state index < -0.39 is 4.93 Å². The van der Waals surface area contributed by atoms with Crippen LogP contribution in [0.15, 0.2) is 18.5 Å². The molecule has 3 heterocycles. The minimum absolute atomic E-state index is 0.0422.